The van der Waals surface area contributed by atoms with Crippen LogP contribution in [0.2, 0.25) is 0 Å². The van der Waals surface area contributed by atoms with Crippen molar-refractivity contribution in [3.8, 4) is 0 Å². The molecule has 0 aliphatic carbocycles. The van der Waals surface area contributed by atoms with Crippen molar-refractivity contribution in [2.24, 2.45) is 0 Å². The average molecular weight is 470 g/mol. The molecule has 2 aromatic carbocycles. The number of imide groups is 2. The van der Waals surface area contributed by atoms with Gasteiger partial charge in [0.05, 0.1) is 13.2 Å². The van der Waals surface area contributed by atoms with E-state index in [-0.39, 0.29) is 16.9 Å². The fourth-order valence-corrected chi connectivity index (χ4v) is 5.10. The summed E-state index contributed by atoms with van der Waals surface area (Å²) in [7, 11) is 0. The van der Waals surface area contributed by atoms with Gasteiger partial charge in [0.15, 0.2) is 0 Å². The zero-order valence-electron chi connectivity index (χ0n) is 18.9. The van der Waals surface area contributed by atoms with E-state index in [4.69, 9.17) is 4.74 Å². The molecule has 3 aliphatic heterocycles. The zero-order chi connectivity index (χ0) is 24.1. The molecule has 1 aromatic heterocycles. The number of rotatable bonds is 5. The lowest BCUT2D eigenvalue weighted by Crippen LogP contribution is -2.44. The number of morpholine rings is 1. The van der Waals surface area contributed by atoms with Crippen LogP contribution in [-0.4, -0.2) is 77.8 Å². The third kappa shape index (κ3) is 3.35. The van der Waals surface area contributed by atoms with Crippen LogP contribution in [0, 0.1) is 0 Å². The SMILES string of the molecule is O=C1c2ccc3c4c(ccc(c24)C(=O)N1CCCN1CCOCC1)C(=O)N(c1ccccn1)C3=O. The van der Waals surface area contributed by atoms with Crippen molar-refractivity contribution in [2.45, 2.75) is 6.42 Å². The zero-order valence-corrected chi connectivity index (χ0v) is 18.9. The number of carbonyl (C=O) groups is 4. The Morgan fingerprint density at radius 2 is 1.29 bits per heavy atom. The van der Waals surface area contributed by atoms with Gasteiger partial charge in [-0.25, -0.2) is 9.88 Å². The number of nitrogens with zero attached hydrogens (tertiary/aromatic N) is 4. The summed E-state index contributed by atoms with van der Waals surface area (Å²) in [6.07, 6.45) is 2.17. The van der Waals surface area contributed by atoms with Crippen LogP contribution in [0.5, 0.6) is 0 Å². The molecule has 0 radical (unpaired) electrons. The second-order valence-corrected chi connectivity index (χ2v) is 8.77. The summed E-state index contributed by atoms with van der Waals surface area (Å²) < 4.78 is 5.37. The average Bonchev–Trinajstić information content (AvgIpc) is 2.89. The third-order valence-electron chi connectivity index (χ3n) is 6.82. The number of aromatic nitrogens is 1. The number of benzene rings is 2. The Morgan fingerprint density at radius 3 is 1.83 bits per heavy atom. The van der Waals surface area contributed by atoms with E-state index in [0.29, 0.717) is 48.1 Å². The maximum atomic E-state index is 13.4. The minimum Gasteiger partial charge on any atom is -0.379 e. The molecule has 4 amide bonds. The van der Waals surface area contributed by atoms with Gasteiger partial charge in [-0.3, -0.25) is 29.0 Å². The summed E-state index contributed by atoms with van der Waals surface area (Å²) in [6.45, 7) is 4.13. The highest BCUT2D eigenvalue weighted by molar-refractivity contribution is 6.39. The number of hydrogen-bond donors (Lipinski definition) is 0. The van der Waals surface area contributed by atoms with Crippen LogP contribution in [0.4, 0.5) is 5.82 Å². The molecular weight excluding hydrogens is 448 g/mol. The van der Waals surface area contributed by atoms with E-state index in [1.807, 2.05) is 0 Å². The van der Waals surface area contributed by atoms with Crippen LogP contribution in [0.15, 0.2) is 48.7 Å². The highest BCUT2D eigenvalue weighted by Gasteiger charge is 2.40. The standard InChI is InChI=1S/C26H22N4O5/c31-23-16-5-7-18-22-19(26(34)30(25(18)33)20-4-1-2-9-27-20)8-6-17(21(16)22)24(32)29(23)11-3-10-28-12-14-35-15-13-28/h1-2,4-9H,3,10-15H2. The predicted octanol–water partition coefficient (Wildman–Crippen LogP) is 2.35. The lowest BCUT2D eigenvalue weighted by Gasteiger charge is -2.32. The van der Waals surface area contributed by atoms with Gasteiger partial charge in [-0.1, -0.05) is 6.07 Å². The third-order valence-corrected chi connectivity index (χ3v) is 6.82. The Morgan fingerprint density at radius 1 is 0.714 bits per heavy atom. The van der Waals surface area contributed by atoms with E-state index >= 15 is 0 Å². The fraction of sp³-hybridized carbons (Fsp3) is 0.269. The van der Waals surface area contributed by atoms with Crippen LogP contribution < -0.4 is 4.90 Å². The van der Waals surface area contributed by atoms with Gasteiger partial charge in [0, 0.05) is 65.4 Å². The molecular formula is C26H22N4O5. The predicted molar refractivity (Wildman–Crippen MR) is 127 cm³/mol. The van der Waals surface area contributed by atoms with Gasteiger partial charge in [-0.2, -0.15) is 0 Å². The minimum absolute atomic E-state index is 0.222. The number of hydrogen-bond acceptors (Lipinski definition) is 7. The number of carbonyl (C=O) groups excluding carboxylic acids is 4. The topological polar surface area (TPSA) is 100 Å². The molecule has 0 N–H and O–H groups in total. The molecule has 0 saturated carbocycles. The van der Waals surface area contributed by atoms with Crippen LogP contribution in [0.3, 0.4) is 0 Å². The number of amides is 4. The second kappa shape index (κ2) is 8.37. The quantitative estimate of drug-likeness (QED) is 0.528. The number of anilines is 1. The molecule has 1 fully saturated rings. The first-order valence-electron chi connectivity index (χ1n) is 11.6. The van der Waals surface area contributed by atoms with Gasteiger partial charge in [0.1, 0.15) is 5.82 Å². The summed E-state index contributed by atoms with van der Waals surface area (Å²) in [4.78, 5) is 62.1. The van der Waals surface area contributed by atoms with Gasteiger partial charge >= 0.3 is 0 Å². The Labute approximate surface area is 200 Å². The smallest absolute Gasteiger partial charge is 0.267 e. The van der Waals surface area contributed by atoms with Crippen LogP contribution in [0.1, 0.15) is 47.9 Å². The lowest BCUT2D eigenvalue weighted by molar-refractivity contribution is 0.0352. The first-order valence-corrected chi connectivity index (χ1v) is 11.6. The Hall–Kier alpha value is -3.95. The molecule has 3 aromatic rings. The maximum absolute atomic E-state index is 13.4. The fourth-order valence-electron chi connectivity index (χ4n) is 5.10. The van der Waals surface area contributed by atoms with E-state index in [9.17, 15) is 19.2 Å². The molecule has 0 unspecified atom stereocenters. The molecule has 9 nitrogen and oxygen atoms in total. The van der Waals surface area contributed by atoms with E-state index in [0.717, 1.165) is 24.5 Å². The first kappa shape index (κ1) is 21.6. The van der Waals surface area contributed by atoms with Crippen molar-refractivity contribution in [3.63, 3.8) is 0 Å². The maximum Gasteiger partial charge on any atom is 0.267 e. The van der Waals surface area contributed by atoms with Gasteiger partial charge < -0.3 is 4.74 Å². The van der Waals surface area contributed by atoms with Gasteiger partial charge in [-0.05, 0) is 42.8 Å². The summed E-state index contributed by atoms with van der Waals surface area (Å²) in [5.41, 5.74) is 1.20. The van der Waals surface area contributed by atoms with Crippen molar-refractivity contribution in [1.82, 2.24) is 14.8 Å². The van der Waals surface area contributed by atoms with Crippen LogP contribution in [0.25, 0.3) is 10.8 Å². The van der Waals surface area contributed by atoms with Gasteiger partial charge in [0.25, 0.3) is 23.6 Å². The molecule has 176 valence electrons. The minimum atomic E-state index is -0.530. The molecule has 0 atom stereocenters. The highest BCUT2D eigenvalue weighted by atomic mass is 16.5. The van der Waals surface area contributed by atoms with E-state index in [2.05, 4.69) is 9.88 Å². The molecule has 0 spiro atoms. The van der Waals surface area contributed by atoms with E-state index in [1.54, 1.807) is 42.5 Å². The molecule has 4 heterocycles. The number of pyridine rings is 1. The van der Waals surface area contributed by atoms with Crippen molar-refractivity contribution in [2.75, 3.05) is 44.3 Å². The highest BCUT2D eigenvalue weighted by Crippen LogP contribution is 2.38. The van der Waals surface area contributed by atoms with E-state index in [1.165, 1.54) is 11.1 Å². The van der Waals surface area contributed by atoms with Crippen molar-refractivity contribution < 1.29 is 23.9 Å². The second-order valence-electron chi connectivity index (χ2n) is 8.77. The van der Waals surface area contributed by atoms with Crippen LogP contribution in [-0.2, 0) is 4.74 Å². The van der Waals surface area contributed by atoms with Crippen molar-refractivity contribution >= 4 is 40.2 Å². The first-order chi connectivity index (χ1) is 17.1. The molecule has 3 aliphatic rings. The molecule has 9 heteroatoms. The van der Waals surface area contributed by atoms with Crippen molar-refractivity contribution in [1.29, 1.82) is 0 Å². The largest absolute Gasteiger partial charge is 0.379 e. The van der Waals surface area contributed by atoms with Gasteiger partial charge in [-0.15, -0.1) is 0 Å². The molecule has 0 bridgehead atoms. The molecule has 6 rings (SSSR count). The molecule has 1 saturated heterocycles. The summed E-state index contributed by atoms with van der Waals surface area (Å²) in [6, 6.07) is 11.3. The molecule has 35 heavy (non-hydrogen) atoms. The Bertz CT molecular complexity index is 1330. The lowest BCUT2D eigenvalue weighted by atomic mass is 9.86. The van der Waals surface area contributed by atoms with Crippen LogP contribution >= 0.6 is 0 Å². The summed E-state index contributed by atoms with van der Waals surface area (Å²) >= 11 is 0. The van der Waals surface area contributed by atoms with Gasteiger partial charge in [0.2, 0.25) is 0 Å². The summed E-state index contributed by atoms with van der Waals surface area (Å²) in [5.74, 6) is -1.64. The monoisotopic (exact) mass is 470 g/mol. The summed E-state index contributed by atoms with van der Waals surface area (Å²) in [5, 5.41) is 0.735. The Kier molecular flexibility index (Phi) is 5.16. The van der Waals surface area contributed by atoms with E-state index < -0.39 is 23.6 Å². The normalized spacial score (nSPS) is 18.1. The Balaban J connectivity index is 1.36. The van der Waals surface area contributed by atoms with Crippen molar-refractivity contribution in [3.05, 3.63) is 70.9 Å². The number of ether oxygens (including phenoxy) is 1.